The summed E-state index contributed by atoms with van der Waals surface area (Å²) >= 11 is 0. The Hall–Kier alpha value is -3.33. The van der Waals surface area contributed by atoms with Crippen molar-refractivity contribution in [3.05, 3.63) is 95.6 Å². The highest BCUT2D eigenvalue weighted by molar-refractivity contribution is 5.98. The third kappa shape index (κ3) is 5.60. The van der Waals surface area contributed by atoms with Gasteiger partial charge in [0.05, 0.1) is 6.61 Å². The predicted molar refractivity (Wildman–Crippen MR) is 123 cm³/mol. The quantitative estimate of drug-likeness (QED) is 0.240. The molecule has 0 atom stereocenters. The molecule has 0 amide bonds. The van der Waals surface area contributed by atoms with E-state index < -0.39 is 0 Å². The maximum atomic E-state index is 10.4. The number of ether oxygens (including phenoxy) is 1. The first-order valence-electron chi connectivity index (χ1n) is 10.5. The molecule has 3 aromatic carbocycles. The number of benzene rings is 3. The lowest BCUT2D eigenvalue weighted by atomic mass is 9.88. The Kier molecular flexibility index (Phi) is 7.85. The average Bonchev–Trinajstić information content (AvgIpc) is 2.79. The van der Waals surface area contributed by atoms with E-state index in [2.05, 4.69) is 43.3 Å². The van der Waals surface area contributed by atoms with Gasteiger partial charge in [0.1, 0.15) is 17.8 Å². The summed E-state index contributed by atoms with van der Waals surface area (Å²) in [6.45, 7) is 2.78. The van der Waals surface area contributed by atoms with E-state index in [0.717, 1.165) is 48.0 Å². The Bertz CT molecular complexity index is 955. The molecule has 1 N–H and O–H groups in total. The highest BCUT2D eigenvalue weighted by atomic mass is 16.5. The first-order chi connectivity index (χ1) is 14.7. The van der Waals surface area contributed by atoms with Crippen molar-refractivity contribution in [2.24, 2.45) is 0 Å². The van der Waals surface area contributed by atoms with Gasteiger partial charge in [0.25, 0.3) is 0 Å². The fourth-order valence-corrected chi connectivity index (χ4v) is 3.55. The molecule has 3 aromatic rings. The van der Waals surface area contributed by atoms with Gasteiger partial charge >= 0.3 is 0 Å². The summed E-state index contributed by atoms with van der Waals surface area (Å²) in [6, 6.07) is 25.9. The van der Waals surface area contributed by atoms with Gasteiger partial charge in [0, 0.05) is 6.42 Å². The maximum absolute atomic E-state index is 10.4. The zero-order chi connectivity index (χ0) is 21.2. The summed E-state index contributed by atoms with van der Waals surface area (Å²) in [6.07, 6.45) is 4.14. The van der Waals surface area contributed by atoms with Crippen LogP contribution in [-0.4, -0.2) is 18.0 Å². The zero-order valence-corrected chi connectivity index (χ0v) is 17.4. The van der Waals surface area contributed by atoms with Crippen LogP contribution < -0.4 is 4.74 Å². The van der Waals surface area contributed by atoms with Crippen molar-refractivity contribution in [1.82, 2.24) is 0 Å². The first kappa shape index (κ1) is 21.4. The van der Waals surface area contributed by atoms with Crippen molar-refractivity contribution < 1.29 is 14.6 Å². The molecule has 0 aromatic heterocycles. The molecule has 3 heteroatoms. The summed E-state index contributed by atoms with van der Waals surface area (Å²) in [5.74, 6) is 1.09. The van der Waals surface area contributed by atoms with Gasteiger partial charge < -0.3 is 14.6 Å². The van der Waals surface area contributed by atoms with E-state index in [9.17, 15) is 9.90 Å². The Morgan fingerprint density at radius 1 is 0.833 bits per heavy atom. The lowest BCUT2D eigenvalue weighted by Crippen LogP contribution is -1.98. The minimum atomic E-state index is 0.259. The Balaban J connectivity index is 1.94. The molecule has 0 aliphatic rings. The van der Waals surface area contributed by atoms with E-state index in [4.69, 9.17) is 4.74 Å². The summed E-state index contributed by atoms with van der Waals surface area (Å²) in [7, 11) is 0. The number of aldehydes is 1. The molecule has 0 radical (unpaired) electrons. The number of phenolic OH excluding ortho intramolecular Hbond substituents is 1. The normalized spacial score (nSPS) is 11.6. The molecule has 0 aliphatic carbocycles. The third-order valence-electron chi connectivity index (χ3n) is 5.06. The molecule has 154 valence electrons. The molecule has 0 bridgehead atoms. The number of unbranched alkanes of at least 4 members (excludes halogenated alkanes) is 2. The predicted octanol–water partition coefficient (Wildman–Crippen LogP) is 6.51. The van der Waals surface area contributed by atoms with Gasteiger partial charge in [-0.05, 0) is 71.4 Å². The molecule has 0 unspecified atom stereocenters. The van der Waals surface area contributed by atoms with Crippen LogP contribution in [0.5, 0.6) is 11.5 Å². The second-order valence-electron chi connectivity index (χ2n) is 7.16. The number of hydrogen-bond donors (Lipinski definition) is 1. The van der Waals surface area contributed by atoms with Crippen LogP contribution in [0.4, 0.5) is 0 Å². The Morgan fingerprint density at radius 2 is 1.47 bits per heavy atom. The van der Waals surface area contributed by atoms with Crippen LogP contribution in [0.3, 0.4) is 0 Å². The fourth-order valence-electron chi connectivity index (χ4n) is 3.55. The Labute approximate surface area is 178 Å². The van der Waals surface area contributed by atoms with Gasteiger partial charge in [0.15, 0.2) is 0 Å². The second-order valence-corrected chi connectivity index (χ2v) is 7.16. The Morgan fingerprint density at radius 3 is 2.07 bits per heavy atom. The van der Waals surface area contributed by atoms with Crippen LogP contribution in [0.25, 0.3) is 11.1 Å². The van der Waals surface area contributed by atoms with Crippen LogP contribution >= 0.6 is 0 Å². The van der Waals surface area contributed by atoms with Crippen molar-refractivity contribution in [2.75, 3.05) is 6.61 Å². The van der Waals surface area contributed by atoms with Crippen molar-refractivity contribution in [3.63, 3.8) is 0 Å². The van der Waals surface area contributed by atoms with E-state index in [1.165, 1.54) is 11.1 Å². The van der Waals surface area contributed by atoms with E-state index in [1.54, 1.807) is 12.1 Å². The number of hydrogen-bond acceptors (Lipinski definition) is 3. The summed E-state index contributed by atoms with van der Waals surface area (Å²) in [5.41, 5.74) is 5.77. The molecule has 30 heavy (non-hydrogen) atoms. The van der Waals surface area contributed by atoms with Gasteiger partial charge in [0.2, 0.25) is 0 Å². The molecule has 0 saturated heterocycles. The van der Waals surface area contributed by atoms with E-state index in [0.29, 0.717) is 13.0 Å². The topological polar surface area (TPSA) is 46.5 Å². The summed E-state index contributed by atoms with van der Waals surface area (Å²) in [4.78, 5) is 10.4. The van der Waals surface area contributed by atoms with Gasteiger partial charge in [-0.1, -0.05) is 61.5 Å². The molecule has 3 rings (SSSR count). The number of allylic oxidation sites excluding steroid dienone is 1. The molecular formula is C27H28O3. The molecule has 0 heterocycles. The number of carbonyl (C=O) groups excluding carboxylic acids is 1. The fraction of sp³-hybridized carbons (Fsp3) is 0.222. The standard InChI is InChI=1S/C27H28O3/c1-2-26(21-9-5-3-6-10-21)27(22-11-15-24(29)16-12-22)23-13-17-25(18-14-23)30-20-8-4-7-19-28/h3,5-6,9-19,29H,2,4,7-8,20H2,1H3. The summed E-state index contributed by atoms with van der Waals surface area (Å²) in [5, 5.41) is 9.74. The van der Waals surface area contributed by atoms with E-state index >= 15 is 0 Å². The van der Waals surface area contributed by atoms with E-state index in [1.807, 2.05) is 30.3 Å². The van der Waals surface area contributed by atoms with Gasteiger partial charge in [-0.3, -0.25) is 0 Å². The van der Waals surface area contributed by atoms with Crippen molar-refractivity contribution in [3.8, 4) is 11.5 Å². The van der Waals surface area contributed by atoms with Crippen molar-refractivity contribution >= 4 is 17.4 Å². The highest BCUT2D eigenvalue weighted by Gasteiger charge is 2.13. The third-order valence-corrected chi connectivity index (χ3v) is 5.06. The maximum Gasteiger partial charge on any atom is 0.119 e. The molecular weight excluding hydrogens is 372 g/mol. The van der Waals surface area contributed by atoms with Crippen molar-refractivity contribution in [1.29, 1.82) is 0 Å². The smallest absolute Gasteiger partial charge is 0.119 e. The molecule has 0 spiro atoms. The van der Waals surface area contributed by atoms with Crippen LogP contribution in [0, 0.1) is 0 Å². The zero-order valence-electron chi connectivity index (χ0n) is 17.4. The largest absolute Gasteiger partial charge is 0.508 e. The number of carbonyl (C=O) groups is 1. The molecule has 0 fully saturated rings. The monoisotopic (exact) mass is 400 g/mol. The molecule has 0 saturated carbocycles. The van der Waals surface area contributed by atoms with Crippen molar-refractivity contribution in [2.45, 2.75) is 32.6 Å². The highest BCUT2D eigenvalue weighted by Crippen LogP contribution is 2.35. The van der Waals surface area contributed by atoms with Crippen LogP contribution in [0.2, 0.25) is 0 Å². The minimum absolute atomic E-state index is 0.259. The number of aromatic hydroxyl groups is 1. The SMILES string of the molecule is CCC(=C(c1ccc(O)cc1)c1ccc(OCCCCC=O)cc1)c1ccccc1. The molecule has 3 nitrogen and oxygen atoms in total. The van der Waals surface area contributed by atoms with Crippen LogP contribution in [0.15, 0.2) is 78.9 Å². The number of phenols is 1. The van der Waals surface area contributed by atoms with Crippen LogP contribution in [0.1, 0.15) is 49.3 Å². The lowest BCUT2D eigenvalue weighted by molar-refractivity contribution is -0.107. The minimum Gasteiger partial charge on any atom is -0.508 e. The van der Waals surface area contributed by atoms with Gasteiger partial charge in [-0.15, -0.1) is 0 Å². The van der Waals surface area contributed by atoms with Gasteiger partial charge in [-0.25, -0.2) is 0 Å². The van der Waals surface area contributed by atoms with E-state index in [-0.39, 0.29) is 5.75 Å². The summed E-state index contributed by atoms with van der Waals surface area (Å²) < 4.78 is 5.82. The van der Waals surface area contributed by atoms with Crippen LogP contribution in [-0.2, 0) is 4.79 Å². The first-order valence-corrected chi connectivity index (χ1v) is 10.5. The second kappa shape index (κ2) is 11.0. The molecule has 0 aliphatic heterocycles. The average molecular weight is 401 g/mol. The number of rotatable bonds is 10. The lowest BCUT2D eigenvalue weighted by Gasteiger charge is -2.17. The van der Waals surface area contributed by atoms with Gasteiger partial charge in [-0.2, -0.15) is 0 Å².